The molecule has 1 heterocycles. The van der Waals surface area contributed by atoms with Crippen molar-refractivity contribution < 1.29 is 24.4 Å². The molecule has 0 radical (unpaired) electrons. The molecule has 10 heteroatoms. The van der Waals surface area contributed by atoms with E-state index in [2.05, 4.69) is 5.43 Å². The van der Waals surface area contributed by atoms with Gasteiger partial charge in [0, 0.05) is 11.1 Å². The molecule has 1 aliphatic rings. The number of anilines is 1. The molecule has 2 aromatic carbocycles. The molecule has 144 valence electrons. The summed E-state index contributed by atoms with van der Waals surface area (Å²) in [4.78, 5) is 35.3. The van der Waals surface area contributed by atoms with Gasteiger partial charge in [-0.2, -0.15) is 0 Å². The smallest absolute Gasteiger partial charge is 0.315 e. The van der Waals surface area contributed by atoms with Crippen LogP contribution >= 0.6 is 11.6 Å². The van der Waals surface area contributed by atoms with Crippen LogP contribution in [0.4, 0.5) is 11.4 Å². The lowest BCUT2D eigenvalue weighted by Gasteiger charge is -2.15. The van der Waals surface area contributed by atoms with E-state index >= 15 is 0 Å². The molecule has 2 amide bonds. The molecule has 0 aromatic heterocycles. The number of halogens is 1. The van der Waals surface area contributed by atoms with Crippen LogP contribution in [0, 0.1) is 17.0 Å². The first kappa shape index (κ1) is 19.2. The topological polar surface area (TPSA) is 122 Å². The van der Waals surface area contributed by atoms with Gasteiger partial charge in [0.15, 0.2) is 5.75 Å². The highest BCUT2D eigenvalue weighted by Crippen LogP contribution is 2.37. The Morgan fingerprint density at radius 1 is 1.29 bits per heavy atom. The normalized spacial score (nSPS) is 15.1. The van der Waals surface area contributed by atoms with Crippen LogP contribution in [0.3, 0.4) is 0 Å². The molecule has 0 unspecified atom stereocenters. The van der Waals surface area contributed by atoms with Gasteiger partial charge < -0.3 is 9.84 Å². The van der Waals surface area contributed by atoms with Crippen LogP contribution in [0.1, 0.15) is 11.1 Å². The van der Waals surface area contributed by atoms with Gasteiger partial charge in [0.05, 0.1) is 17.7 Å². The molecule has 2 aromatic rings. The Morgan fingerprint density at radius 2 is 2.00 bits per heavy atom. The summed E-state index contributed by atoms with van der Waals surface area (Å²) in [5.74, 6) is -2.14. The van der Waals surface area contributed by atoms with Crippen molar-refractivity contribution in [2.24, 2.45) is 0 Å². The van der Waals surface area contributed by atoms with Crippen LogP contribution in [-0.2, 0) is 9.59 Å². The van der Waals surface area contributed by atoms with Crippen molar-refractivity contribution in [2.45, 2.75) is 6.92 Å². The molecule has 2 N–H and O–H groups in total. The maximum Gasteiger partial charge on any atom is 0.315 e. The Hall–Kier alpha value is -3.59. The molecular weight excluding hydrogens is 390 g/mol. The first-order chi connectivity index (χ1) is 13.2. The zero-order valence-electron chi connectivity index (χ0n) is 14.7. The SMILES string of the molecule is COc1cc(C=C2C(=O)NN(c3ccc(C)c(Cl)c3)C2=O)cc([N+](=O)[O-])c1O. The number of carbonyl (C=O) groups is 2. The minimum absolute atomic E-state index is 0.142. The van der Waals surface area contributed by atoms with Crippen molar-refractivity contribution in [2.75, 3.05) is 12.1 Å². The minimum atomic E-state index is -0.795. The van der Waals surface area contributed by atoms with E-state index in [0.717, 1.165) is 16.6 Å². The number of methoxy groups -OCH3 is 1. The summed E-state index contributed by atoms with van der Waals surface area (Å²) in [6.45, 7) is 1.80. The van der Waals surface area contributed by atoms with Crippen LogP contribution in [0.25, 0.3) is 6.08 Å². The van der Waals surface area contributed by atoms with Gasteiger partial charge in [0.2, 0.25) is 5.75 Å². The average Bonchev–Trinajstić information content (AvgIpc) is 2.93. The first-order valence-electron chi connectivity index (χ1n) is 7.91. The Labute approximate surface area is 163 Å². The number of aryl methyl sites for hydroxylation is 1. The number of hydrogen-bond donors (Lipinski definition) is 2. The van der Waals surface area contributed by atoms with Gasteiger partial charge >= 0.3 is 5.69 Å². The van der Waals surface area contributed by atoms with Crippen LogP contribution in [0.15, 0.2) is 35.9 Å². The molecule has 1 fully saturated rings. The summed E-state index contributed by atoms with van der Waals surface area (Å²) >= 11 is 6.07. The second-order valence-electron chi connectivity index (χ2n) is 5.92. The lowest BCUT2D eigenvalue weighted by Crippen LogP contribution is -2.35. The third-order valence-corrected chi connectivity index (χ3v) is 4.52. The Kier molecular flexibility index (Phi) is 4.93. The van der Waals surface area contributed by atoms with Gasteiger partial charge in [0.25, 0.3) is 11.8 Å². The number of nitro benzene ring substituents is 1. The van der Waals surface area contributed by atoms with E-state index in [1.165, 1.54) is 25.3 Å². The lowest BCUT2D eigenvalue weighted by atomic mass is 10.1. The van der Waals surface area contributed by atoms with E-state index in [1.807, 2.05) is 0 Å². The number of nitro groups is 1. The summed E-state index contributed by atoms with van der Waals surface area (Å²) in [6, 6.07) is 7.17. The predicted molar refractivity (Wildman–Crippen MR) is 101 cm³/mol. The summed E-state index contributed by atoms with van der Waals surface area (Å²) in [7, 11) is 1.23. The first-order valence-corrected chi connectivity index (χ1v) is 8.29. The van der Waals surface area contributed by atoms with Crippen molar-refractivity contribution in [3.63, 3.8) is 0 Å². The van der Waals surface area contributed by atoms with Crippen LogP contribution in [0.5, 0.6) is 11.5 Å². The largest absolute Gasteiger partial charge is 0.500 e. The quantitative estimate of drug-likeness (QED) is 0.350. The average molecular weight is 404 g/mol. The number of rotatable bonds is 4. The van der Waals surface area contributed by atoms with Crippen molar-refractivity contribution in [1.82, 2.24) is 5.43 Å². The Bertz CT molecular complexity index is 1050. The van der Waals surface area contributed by atoms with Crippen LogP contribution in [-0.4, -0.2) is 29.0 Å². The monoisotopic (exact) mass is 403 g/mol. The maximum absolute atomic E-state index is 12.7. The van der Waals surface area contributed by atoms with Gasteiger partial charge in [-0.1, -0.05) is 17.7 Å². The second kappa shape index (κ2) is 7.20. The van der Waals surface area contributed by atoms with E-state index in [0.29, 0.717) is 10.7 Å². The number of carbonyl (C=O) groups excluding carboxylic acids is 2. The predicted octanol–water partition coefficient (Wildman–Crippen LogP) is 2.73. The molecule has 1 aliphatic heterocycles. The summed E-state index contributed by atoms with van der Waals surface area (Å²) < 4.78 is 4.92. The van der Waals surface area contributed by atoms with Gasteiger partial charge in [0.1, 0.15) is 5.57 Å². The fourth-order valence-electron chi connectivity index (χ4n) is 2.62. The maximum atomic E-state index is 12.7. The zero-order chi connectivity index (χ0) is 20.6. The number of nitrogens with one attached hydrogen (secondary N) is 1. The lowest BCUT2D eigenvalue weighted by molar-refractivity contribution is -0.386. The number of ether oxygens (including phenoxy) is 1. The summed E-state index contributed by atoms with van der Waals surface area (Å²) in [5.41, 5.74) is 2.89. The summed E-state index contributed by atoms with van der Waals surface area (Å²) in [5, 5.41) is 22.4. The molecule has 0 saturated carbocycles. The minimum Gasteiger partial charge on any atom is -0.500 e. The standard InChI is InChI=1S/C18H14ClN3O6/c1-9-3-4-11(8-13(9)19)21-18(25)12(17(24)20-21)5-10-6-14(22(26)27)16(23)15(7-10)28-2/h3-8,23H,1-2H3,(H,20,24). The zero-order valence-corrected chi connectivity index (χ0v) is 15.5. The van der Waals surface area contributed by atoms with E-state index in [1.54, 1.807) is 19.1 Å². The van der Waals surface area contributed by atoms with Crippen molar-refractivity contribution in [1.29, 1.82) is 0 Å². The molecule has 0 atom stereocenters. The van der Waals surface area contributed by atoms with Gasteiger partial charge in [-0.05, 0) is 42.3 Å². The highest BCUT2D eigenvalue weighted by atomic mass is 35.5. The fourth-order valence-corrected chi connectivity index (χ4v) is 2.79. The molecule has 0 aliphatic carbocycles. The molecular formula is C18H14ClN3O6. The van der Waals surface area contributed by atoms with Crippen molar-refractivity contribution >= 4 is 40.9 Å². The number of amides is 2. The number of hydrazine groups is 1. The molecule has 3 rings (SSSR count). The van der Waals surface area contributed by atoms with E-state index in [-0.39, 0.29) is 16.9 Å². The van der Waals surface area contributed by atoms with E-state index in [4.69, 9.17) is 16.3 Å². The van der Waals surface area contributed by atoms with Crippen molar-refractivity contribution in [3.05, 3.63) is 62.2 Å². The van der Waals surface area contributed by atoms with Crippen LogP contribution in [0.2, 0.25) is 5.02 Å². The second-order valence-corrected chi connectivity index (χ2v) is 6.33. The molecule has 1 saturated heterocycles. The Morgan fingerprint density at radius 3 is 2.61 bits per heavy atom. The highest BCUT2D eigenvalue weighted by molar-refractivity contribution is 6.33. The van der Waals surface area contributed by atoms with E-state index < -0.39 is 28.2 Å². The van der Waals surface area contributed by atoms with Gasteiger partial charge in [-0.15, -0.1) is 0 Å². The summed E-state index contributed by atoms with van der Waals surface area (Å²) in [6.07, 6.45) is 1.18. The number of phenolic OH excluding ortho intramolecular Hbond substituents is 1. The number of hydrogen-bond acceptors (Lipinski definition) is 6. The van der Waals surface area contributed by atoms with E-state index in [9.17, 15) is 24.8 Å². The van der Waals surface area contributed by atoms with Gasteiger partial charge in [-0.25, -0.2) is 5.01 Å². The number of nitrogens with zero attached hydrogens (tertiary/aromatic N) is 2. The number of aromatic hydroxyl groups is 1. The van der Waals surface area contributed by atoms with Crippen LogP contribution < -0.4 is 15.2 Å². The number of benzene rings is 2. The molecule has 0 bridgehead atoms. The third kappa shape index (κ3) is 3.35. The third-order valence-electron chi connectivity index (χ3n) is 4.11. The molecule has 9 nitrogen and oxygen atoms in total. The molecule has 0 spiro atoms. The van der Waals surface area contributed by atoms with Gasteiger partial charge in [-0.3, -0.25) is 25.1 Å². The number of phenols is 1. The highest BCUT2D eigenvalue weighted by Gasteiger charge is 2.35. The Balaban J connectivity index is 2.02. The molecule has 28 heavy (non-hydrogen) atoms. The van der Waals surface area contributed by atoms with Crippen molar-refractivity contribution in [3.8, 4) is 11.5 Å². The fraction of sp³-hybridized carbons (Fsp3) is 0.111.